The van der Waals surface area contributed by atoms with Crippen LogP contribution in [0.1, 0.15) is 58.3 Å². The van der Waals surface area contributed by atoms with Crippen LogP contribution in [0.25, 0.3) is 0 Å². The Balaban J connectivity index is 1.40. The average Bonchev–Trinajstić information content (AvgIpc) is 3.41. The minimum absolute atomic E-state index is 0.559. The van der Waals surface area contributed by atoms with Crippen LogP contribution in [0.2, 0.25) is 0 Å². The molecule has 0 aromatic rings. The molecule has 0 aromatic heterocycles. The van der Waals surface area contributed by atoms with Crippen molar-refractivity contribution >= 4 is 5.96 Å². The van der Waals surface area contributed by atoms with Crippen molar-refractivity contribution in [3.63, 3.8) is 0 Å². The fourth-order valence-electron chi connectivity index (χ4n) is 4.65. The van der Waals surface area contributed by atoms with Crippen LogP contribution >= 0.6 is 0 Å². The Labute approximate surface area is 154 Å². The van der Waals surface area contributed by atoms with E-state index in [1.165, 1.54) is 51.4 Å². The Kier molecular flexibility index (Phi) is 7.41. The van der Waals surface area contributed by atoms with Crippen LogP contribution in [0, 0.1) is 11.8 Å². The molecule has 5 nitrogen and oxygen atoms in total. The molecule has 0 radical (unpaired) electrons. The van der Waals surface area contributed by atoms with Crippen molar-refractivity contribution in [3.05, 3.63) is 0 Å². The lowest BCUT2D eigenvalue weighted by molar-refractivity contribution is 0.128. The van der Waals surface area contributed by atoms with Gasteiger partial charge in [0, 0.05) is 45.4 Å². The van der Waals surface area contributed by atoms with Gasteiger partial charge in [-0.15, -0.1) is 0 Å². The van der Waals surface area contributed by atoms with Gasteiger partial charge in [0.25, 0.3) is 0 Å². The standard InChI is InChI=1S/C20H38N4O/c1-3-21-20(22-17-9-11-24(12-10-17)13-14-25-2)23-19-15-18(19)16-7-5-4-6-8-16/h16-19H,3-15H2,1-2H3,(H2,21,22,23). The molecule has 0 bridgehead atoms. The lowest BCUT2D eigenvalue weighted by atomic mass is 9.85. The molecule has 2 aliphatic carbocycles. The highest BCUT2D eigenvalue weighted by molar-refractivity contribution is 5.80. The fraction of sp³-hybridized carbons (Fsp3) is 0.950. The molecule has 2 saturated carbocycles. The number of likely N-dealkylation sites (tertiary alicyclic amines) is 1. The third-order valence-corrected chi connectivity index (χ3v) is 6.27. The van der Waals surface area contributed by atoms with Crippen LogP contribution < -0.4 is 10.6 Å². The van der Waals surface area contributed by atoms with Gasteiger partial charge in [0.2, 0.25) is 0 Å². The Morgan fingerprint density at radius 2 is 1.84 bits per heavy atom. The van der Waals surface area contributed by atoms with E-state index in [0.29, 0.717) is 12.1 Å². The Morgan fingerprint density at radius 3 is 2.52 bits per heavy atom. The molecule has 3 rings (SSSR count). The molecule has 144 valence electrons. The molecule has 1 aliphatic heterocycles. The number of methoxy groups -OCH3 is 1. The molecule has 25 heavy (non-hydrogen) atoms. The summed E-state index contributed by atoms with van der Waals surface area (Å²) in [7, 11) is 1.78. The second-order valence-corrected chi connectivity index (χ2v) is 8.12. The molecule has 3 aliphatic rings. The van der Waals surface area contributed by atoms with Crippen molar-refractivity contribution in [2.24, 2.45) is 16.8 Å². The summed E-state index contributed by atoms with van der Waals surface area (Å²) in [5.74, 6) is 2.93. The first-order valence-electron chi connectivity index (χ1n) is 10.6. The SMILES string of the molecule is CCN=C(NC1CCN(CCOC)CC1)NC1CC1C1CCCCC1. The minimum atomic E-state index is 0.559. The number of rotatable bonds is 7. The van der Waals surface area contributed by atoms with E-state index >= 15 is 0 Å². The predicted octanol–water partition coefficient (Wildman–Crippen LogP) is 2.62. The number of hydrogen-bond donors (Lipinski definition) is 2. The van der Waals surface area contributed by atoms with E-state index in [0.717, 1.165) is 50.6 Å². The highest BCUT2D eigenvalue weighted by Crippen LogP contribution is 2.44. The quantitative estimate of drug-likeness (QED) is 0.547. The molecular weight excluding hydrogens is 312 g/mol. The van der Waals surface area contributed by atoms with Crippen molar-refractivity contribution in [1.82, 2.24) is 15.5 Å². The average molecular weight is 351 g/mol. The molecular formula is C20H38N4O. The van der Waals surface area contributed by atoms with Crippen molar-refractivity contribution < 1.29 is 4.74 Å². The molecule has 0 spiro atoms. The summed E-state index contributed by atoms with van der Waals surface area (Å²) < 4.78 is 5.19. The zero-order valence-electron chi connectivity index (χ0n) is 16.3. The lowest BCUT2D eigenvalue weighted by Crippen LogP contribution is -2.49. The van der Waals surface area contributed by atoms with Gasteiger partial charge in [-0.3, -0.25) is 4.99 Å². The second-order valence-electron chi connectivity index (χ2n) is 8.12. The molecule has 2 N–H and O–H groups in total. The van der Waals surface area contributed by atoms with E-state index in [4.69, 9.17) is 9.73 Å². The Morgan fingerprint density at radius 1 is 1.08 bits per heavy atom. The molecule has 0 amide bonds. The molecule has 2 unspecified atom stereocenters. The molecule has 3 fully saturated rings. The van der Waals surface area contributed by atoms with Crippen molar-refractivity contribution in [2.45, 2.75) is 70.4 Å². The zero-order valence-corrected chi connectivity index (χ0v) is 16.3. The first-order valence-corrected chi connectivity index (χ1v) is 10.6. The normalized spacial score (nSPS) is 29.6. The third-order valence-electron chi connectivity index (χ3n) is 6.27. The molecule has 1 heterocycles. The molecule has 1 saturated heterocycles. The van der Waals surface area contributed by atoms with Crippen molar-refractivity contribution in [3.8, 4) is 0 Å². The largest absolute Gasteiger partial charge is 0.383 e. The van der Waals surface area contributed by atoms with Crippen LogP contribution in [0.3, 0.4) is 0 Å². The van der Waals surface area contributed by atoms with E-state index in [1.54, 1.807) is 7.11 Å². The van der Waals surface area contributed by atoms with Gasteiger partial charge in [0.1, 0.15) is 0 Å². The zero-order chi connectivity index (χ0) is 17.5. The van der Waals surface area contributed by atoms with E-state index in [-0.39, 0.29) is 0 Å². The van der Waals surface area contributed by atoms with Crippen molar-refractivity contribution in [2.75, 3.05) is 39.9 Å². The first-order chi connectivity index (χ1) is 12.3. The number of nitrogens with one attached hydrogen (secondary N) is 2. The van der Waals surface area contributed by atoms with Crippen LogP contribution in [0.4, 0.5) is 0 Å². The van der Waals surface area contributed by atoms with Crippen LogP contribution in [0.15, 0.2) is 4.99 Å². The summed E-state index contributed by atoms with van der Waals surface area (Å²) in [6.45, 7) is 7.20. The van der Waals surface area contributed by atoms with Gasteiger partial charge >= 0.3 is 0 Å². The monoisotopic (exact) mass is 350 g/mol. The maximum atomic E-state index is 5.19. The van der Waals surface area contributed by atoms with E-state index < -0.39 is 0 Å². The molecule has 0 aromatic carbocycles. The number of ether oxygens (including phenoxy) is 1. The summed E-state index contributed by atoms with van der Waals surface area (Å²) in [4.78, 5) is 7.21. The minimum Gasteiger partial charge on any atom is -0.383 e. The maximum Gasteiger partial charge on any atom is 0.191 e. The Hall–Kier alpha value is -0.810. The lowest BCUT2D eigenvalue weighted by Gasteiger charge is -2.33. The summed E-state index contributed by atoms with van der Waals surface area (Å²) in [6, 6.07) is 1.23. The summed E-state index contributed by atoms with van der Waals surface area (Å²) in [5.41, 5.74) is 0. The number of aliphatic imine (C=N–C) groups is 1. The number of piperidine rings is 1. The van der Waals surface area contributed by atoms with Crippen LogP contribution in [0.5, 0.6) is 0 Å². The summed E-state index contributed by atoms with van der Waals surface area (Å²) in [6.07, 6.45) is 11.0. The Bertz CT molecular complexity index is 414. The number of hydrogen-bond acceptors (Lipinski definition) is 3. The van der Waals surface area contributed by atoms with E-state index in [1.807, 2.05) is 0 Å². The van der Waals surface area contributed by atoms with Crippen molar-refractivity contribution in [1.29, 1.82) is 0 Å². The molecule has 2 atom stereocenters. The van der Waals surface area contributed by atoms with Crippen LogP contribution in [-0.4, -0.2) is 62.8 Å². The highest BCUT2D eigenvalue weighted by atomic mass is 16.5. The highest BCUT2D eigenvalue weighted by Gasteiger charge is 2.43. The third kappa shape index (κ3) is 5.85. The van der Waals surface area contributed by atoms with Gasteiger partial charge in [0.05, 0.1) is 6.61 Å². The first kappa shape index (κ1) is 19.0. The second kappa shape index (κ2) is 9.77. The van der Waals surface area contributed by atoms with Gasteiger partial charge in [-0.25, -0.2) is 0 Å². The van der Waals surface area contributed by atoms with Crippen LogP contribution in [-0.2, 0) is 4.74 Å². The van der Waals surface area contributed by atoms with Gasteiger partial charge in [0.15, 0.2) is 5.96 Å². The topological polar surface area (TPSA) is 48.9 Å². The van der Waals surface area contributed by atoms with E-state index in [2.05, 4.69) is 22.5 Å². The predicted molar refractivity (Wildman–Crippen MR) is 104 cm³/mol. The van der Waals surface area contributed by atoms with Gasteiger partial charge in [-0.05, 0) is 38.0 Å². The van der Waals surface area contributed by atoms with Gasteiger partial charge < -0.3 is 20.3 Å². The number of guanidine groups is 1. The van der Waals surface area contributed by atoms with Gasteiger partial charge in [-0.2, -0.15) is 0 Å². The maximum absolute atomic E-state index is 5.19. The smallest absolute Gasteiger partial charge is 0.191 e. The van der Waals surface area contributed by atoms with Gasteiger partial charge in [-0.1, -0.05) is 32.1 Å². The molecule has 5 heteroatoms. The summed E-state index contributed by atoms with van der Waals surface area (Å²) in [5, 5.41) is 7.45. The number of nitrogens with zero attached hydrogens (tertiary/aromatic N) is 2. The fourth-order valence-corrected chi connectivity index (χ4v) is 4.65. The summed E-state index contributed by atoms with van der Waals surface area (Å²) >= 11 is 0. The van der Waals surface area contributed by atoms with E-state index in [9.17, 15) is 0 Å².